The average molecular weight is 413 g/mol. The van der Waals surface area contributed by atoms with Gasteiger partial charge in [-0.3, -0.25) is 19.7 Å². The van der Waals surface area contributed by atoms with Gasteiger partial charge in [0.25, 0.3) is 0 Å². The Morgan fingerprint density at radius 3 is 2.38 bits per heavy atom. The van der Waals surface area contributed by atoms with Gasteiger partial charge in [-0.1, -0.05) is 0 Å². The van der Waals surface area contributed by atoms with E-state index in [1.807, 2.05) is 0 Å². The molecule has 29 heavy (non-hydrogen) atoms. The molecule has 3 heterocycles. The fraction of sp³-hybridized carbons (Fsp3) is 0.167. The molecule has 1 atom stereocenters. The minimum Gasteiger partial charge on any atom is -0.480 e. The number of fused-ring (bicyclic) bond motifs is 1. The maximum atomic E-state index is 13.1. The molecule has 1 N–H and O–H groups in total. The smallest absolute Gasteiger partial charge is 0.322 e. The normalized spacial score (nSPS) is 16.8. The van der Waals surface area contributed by atoms with E-state index in [9.17, 15) is 18.3 Å². The van der Waals surface area contributed by atoms with E-state index < -0.39 is 22.0 Å². The predicted molar refractivity (Wildman–Crippen MR) is 98.4 cm³/mol. The van der Waals surface area contributed by atoms with E-state index in [1.54, 1.807) is 0 Å². The monoisotopic (exact) mass is 413 g/mol. The average Bonchev–Trinajstić information content (AvgIpc) is 2.74. The molecule has 0 saturated heterocycles. The molecule has 1 aromatic carbocycles. The van der Waals surface area contributed by atoms with Crippen LogP contribution in [0.3, 0.4) is 0 Å². The summed E-state index contributed by atoms with van der Waals surface area (Å²) in [6, 6.07) is 4.38. The summed E-state index contributed by atoms with van der Waals surface area (Å²) in [5.41, 5.74) is 0.926. The van der Waals surface area contributed by atoms with E-state index in [-0.39, 0.29) is 23.7 Å². The Morgan fingerprint density at radius 2 is 1.72 bits per heavy atom. The summed E-state index contributed by atoms with van der Waals surface area (Å²) in [5.74, 6) is -0.609. The van der Waals surface area contributed by atoms with Gasteiger partial charge in [0.15, 0.2) is 0 Å². The fourth-order valence-electron chi connectivity index (χ4n) is 2.98. The van der Waals surface area contributed by atoms with Crippen molar-refractivity contribution in [3.63, 3.8) is 0 Å². The third kappa shape index (κ3) is 3.77. The SMILES string of the molecule is O=C(O)C1Cc2nccnc2CN1S(=O)(=O)c1ccc(Oc2cnccn2)cc1. The summed E-state index contributed by atoms with van der Waals surface area (Å²) in [4.78, 5) is 27.8. The predicted octanol–water partition coefficient (Wildman–Crippen LogP) is 1.26. The minimum absolute atomic E-state index is 0.0500. The Hall–Kier alpha value is -3.44. The van der Waals surface area contributed by atoms with Crippen molar-refractivity contribution in [1.82, 2.24) is 24.2 Å². The fourth-order valence-corrected chi connectivity index (χ4v) is 4.52. The lowest BCUT2D eigenvalue weighted by Crippen LogP contribution is -2.49. The van der Waals surface area contributed by atoms with Gasteiger partial charge in [-0.25, -0.2) is 13.4 Å². The first-order valence-corrected chi connectivity index (χ1v) is 9.96. The Bertz CT molecular complexity index is 1140. The van der Waals surface area contributed by atoms with Crippen LogP contribution in [-0.2, 0) is 27.8 Å². The topological polar surface area (TPSA) is 135 Å². The van der Waals surface area contributed by atoms with Gasteiger partial charge in [-0.2, -0.15) is 4.31 Å². The molecule has 2 aromatic heterocycles. The van der Waals surface area contributed by atoms with Crippen molar-refractivity contribution in [1.29, 1.82) is 0 Å². The third-order valence-electron chi connectivity index (χ3n) is 4.38. The zero-order valence-corrected chi connectivity index (χ0v) is 15.7. The third-order valence-corrected chi connectivity index (χ3v) is 6.25. The summed E-state index contributed by atoms with van der Waals surface area (Å²) in [5, 5.41) is 9.57. The summed E-state index contributed by atoms with van der Waals surface area (Å²) in [6.07, 6.45) is 7.25. The maximum absolute atomic E-state index is 13.1. The molecule has 3 aromatic rings. The van der Waals surface area contributed by atoms with Gasteiger partial charge in [0.2, 0.25) is 15.9 Å². The lowest BCUT2D eigenvalue weighted by atomic mass is 10.1. The van der Waals surface area contributed by atoms with Crippen LogP contribution in [0.5, 0.6) is 11.6 Å². The van der Waals surface area contributed by atoms with E-state index in [4.69, 9.17) is 4.74 Å². The van der Waals surface area contributed by atoms with E-state index in [0.717, 1.165) is 4.31 Å². The molecule has 0 spiro atoms. The molecule has 0 amide bonds. The minimum atomic E-state index is -4.09. The van der Waals surface area contributed by atoms with Crippen LogP contribution in [0.1, 0.15) is 11.4 Å². The largest absolute Gasteiger partial charge is 0.480 e. The van der Waals surface area contributed by atoms with Crippen molar-refractivity contribution in [2.24, 2.45) is 0 Å². The second kappa shape index (κ2) is 7.53. The Morgan fingerprint density at radius 1 is 1.03 bits per heavy atom. The summed E-state index contributed by atoms with van der Waals surface area (Å²) >= 11 is 0. The molecule has 0 fully saturated rings. The van der Waals surface area contributed by atoms with Crippen LogP contribution in [0.15, 0.2) is 60.1 Å². The molecule has 1 aliphatic rings. The first kappa shape index (κ1) is 18.9. The number of rotatable bonds is 5. The molecular weight excluding hydrogens is 398 g/mol. The zero-order valence-electron chi connectivity index (χ0n) is 14.9. The molecule has 1 aliphatic heterocycles. The highest BCUT2D eigenvalue weighted by atomic mass is 32.2. The molecule has 1 unspecified atom stereocenters. The second-order valence-corrected chi connectivity index (χ2v) is 8.07. The molecule has 4 rings (SSSR count). The number of carboxylic acids is 1. The van der Waals surface area contributed by atoms with Crippen LogP contribution in [-0.4, -0.2) is 49.8 Å². The van der Waals surface area contributed by atoms with Gasteiger partial charge in [-0.15, -0.1) is 0 Å². The van der Waals surface area contributed by atoms with Crippen LogP contribution in [0.4, 0.5) is 0 Å². The molecule has 0 bridgehead atoms. The molecule has 0 radical (unpaired) electrons. The van der Waals surface area contributed by atoms with Crippen molar-refractivity contribution in [3.05, 3.63) is 66.6 Å². The number of ether oxygens (including phenoxy) is 1. The van der Waals surface area contributed by atoms with Gasteiger partial charge in [0, 0.05) is 31.2 Å². The van der Waals surface area contributed by atoms with Crippen LogP contribution < -0.4 is 4.74 Å². The highest BCUT2D eigenvalue weighted by molar-refractivity contribution is 7.89. The van der Waals surface area contributed by atoms with Crippen molar-refractivity contribution >= 4 is 16.0 Å². The number of hydrogen-bond donors (Lipinski definition) is 1. The van der Waals surface area contributed by atoms with Crippen LogP contribution in [0, 0.1) is 0 Å². The standard InChI is InChI=1S/C18H15N5O5S/c24-18(25)16-9-14-15(21-8-7-20-14)11-23(16)29(26,27)13-3-1-12(2-4-13)28-17-10-19-5-6-22-17/h1-8,10,16H,9,11H2,(H,24,25). The quantitative estimate of drug-likeness (QED) is 0.655. The van der Waals surface area contributed by atoms with Crippen molar-refractivity contribution in [2.75, 3.05) is 0 Å². The van der Waals surface area contributed by atoms with Crippen LogP contribution >= 0.6 is 0 Å². The van der Waals surface area contributed by atoms with Gasteiger partial charge >= 0.3 is 5.97 Å². The van der Waals surface area contributed by atoms with Crippen molar-refractivity contribution in [3.8, 4) is 11.6 Å². The van der Waals surface area contributed by atoms with Gasteiger partial charge in [-0.05, 0) is 24.3 Å². The van der Waals surface area contributed by atoms with Crippen LogP contribution in [0.25, 0.3) is 0 Å². The number of carboxylic acid groups (broad SMARTS) is 1. The number of carbonyl (C=O) groups is 1. The van der Waals surface area contributed by atoms with Crippen molar-refractivity contribution in [2.45, 2.75) is 23.9 Å². The zero-order chi connectivity index (χ0) is 20.4. The Balaban J connectivity index is 1.62. The first-order chi connectivity index (χ1) is 13.9. The van der Waals surface area contributed by atoms with Crippen LogP contribution in [0.2, 0.25) is 0 Å². The number of hydrogen-bond acceptors (Lipinski definition) is 8. The summed E-state index contributed by atoms with van der Waals surface area (Å²) < 4.78 is 32.7. The highest BCUT2D eigenvalue weighted by Gasteiger charge is 2.40. The summed E-state index contributed by atoms with van der Waals surface area (Å²) in [7, 11) is -4.09. The molecule has 0 aliphatic carbocycles. The van der Waals surface area contributed by atoms with Crippen molar-refractivity contribution < 1.29 is 23.1 Å². The molecule has 148 valence electrons. The summed E-state index contributed by atoms with van der Waals surface area (Å²) in [6.45, 7) is -0.166. The molecule has 10 nitrogen and oxygen atoms in total. The van der Waals surface area contributed by atoms with E-state index in [0.29, 0.717) is 17.1 Å². The van der Waals surface area contributed by atoms with E-state index in [2.05, 4.69) is 19.9 Å². The van der Waals surface area contributed by atoms with Gasteiger partial charge in [0.1, 0.15) is 11.8 Å². The molecule has 11 heteroatoms. The molecular formula is C18H15N5O5S. The Kier molecular flexibility index (Phi) is 4.91. The van der Waals surface area contributed by atoms with Gasteiger partial charge < -0.3 is 9.84 Å². The molecule has 0 saturated carbocycles. The van der Waals surface area contributed by atoms with Gasteiger partial charge in [0.05, 0.1) is 29.0 Å². The van der Waals surface area contributed by atoms with E-state index in [1.165, 1.54) is 55.2 Å². The maximum Gasteiger partial charge on any atom is 0.322 e. The van der Waals surface area contributed by atoms with E-state index >= 15 is 0 Å². The number of aromatic nitrogens is 4. The Labute approximate surface area is 165 Å². The first-order valence-electron chi connectivity index (χ1n) is 8.52. The lowest BCUT2D eigenvalue weighted by Gasteiger charge is -2.32. The second-order valence-electron chi connectivity index (χ2n) is 6.18. The number of aliphatic carboxylic acids is 1. The highest BCUT2D eigenvalue weighted by Crippen LogP contribution is 2.29. The number of sulfonamides is 1. The number of benzene rings is 1. The lowest BCUT2D eigenvalue weighted by molar-refractivity contribution is -0.141. The number of nitrogens with zero attached hydrogens (tertiary/aromatic N) is 5.